The molecule has 0 spiro atoms. The molecule has 1 atom stereocenters. The van der Waals surface area contributed by atoms with E-state index in [4.69, 9.17) is 9.92 Å². The van der Waals surface area contributed by atoms with Gasteiger partial charge in [-0.1, -0.05) is 12.2 Å². The van der Waals surface area contributed by atoms with Crippen LogP contribution < -0.4 is 5.73 Å². The first-order valence-corrected chi connectivity index (χ1v) is 3.39. The van der Waals surface area contributed by atoms with Crippen molar-refractivity contribution in [3.8, 4) is 0 Å². The average molecular weight is 168 g/mol. The number of rotatable bonds is 1. The van der Waals surface area contributed by atoms with Crippen LogP contribution in [0.2, 0.25) is 0 Å². The predicted octanol–water partition coefficient (Wildman–Crippen LogP) is 0.970. The topological polar surface area (TPSA) is 35.2 Å². The Hall–Kier alpha value is 0.300. The standard InChI is InChI=1S/C5H9NOS.ClH/c6-4-5-2-1-3-7-8-5;/h1-2,5H,3-4,6H2;1H. The van der Waals surface area contributed by atoms with Crippen molar-refractivity contribution in [2.75, 3.05) is 13.2 Å². The number of hydrogen-bond donors (Lipinski definition) is 1. The van der Waals surface area contributed by atoms with E-state index in [2.05, 4.69) is 6.08 Å². The second kappa shape index (κ2) is 5.11. The first-order chi connectivity index (χ1) is 3.93. The van der Waals surface area contributed by atoms with Gasteiger partial charge in [-0.05, 0) is 0 Å². The Labute approximate surface area is 65.4 Å². The Balaban J connectivity index is 0.000000640. The van der Waals surface area contributed by atoms with Gasteiger partial charge in [-0.2, -0.15) is 0 Å². The van der Waals surface area contributed by atoms with Crippen LogP contribution in [0.4, 0.5) is 0 Å². The third-order valence-corrected chi connectivity index (χ3v) is 1.81. The van der Waals surface area contributed by atoms with Crippen molar-refractivity contribution in [1.29, 1.82) is 0 Å². The van der Waals surface area contributed by atoms with Crippen LogP contribution in [0, 0.1) is 0 Å². The molecular formula is C5H10ClNOS. The van der Waals surface area contributed by atoms with Gasteiger partial charge in [0, 0.05) is 18.6 Å². The van der Waals surface area contributed by atoms with Gasteiger partial charge in [0.25, 0.3) is 0 Å². The van der Waals surface area contributed by atoms with Crippen LogP contribution in [-0.4, -0.2) is 18.4 Å². The van der Waals surface area contributed by atoms with Crippen LogP contribution in [0.15, 0.2) is 12.2 Å². The van der Waals surface area contributed by atoms with Crippen LogP contribution in [0.25, 0.3) is 0 Å². The van der Waals surface area contributed by atoms with Gasteiger partial charge in [0.2, 0.25) is 0 Å². The van der Waals surface area contributed by atoms with E-state index in [0.717, 1.165) is 6.61 Å². The van der Waals surface area contributed by atoms with Crippen LogP contribution in [-0.2, 0) is 4.18 Å². The molecule has 0 radical (unpaired) electrons. The Morgan fingerprint density at radius 2 is 2.56 bits per heavy atom. The zero-order chi connectivity index (χ0) is 5.82. The molecule has 0 fully saturated rings. The second-order valence-corrected chi connectivity index (χ2v) is 2.62. The molecule has 9 heavy (non-hydrogen) atoms. The van der Waals surface area contributed by atoms with E-state index in [1.165, 1.54) is 12.0 Å². The van der Waals surface area contributed by atoms with Gasteiger partial charge >= 0.3 is 0 Å². The minimum atomic E-state index is 0. The van der Waals surface area contributed by atoms with Crippen molar-refractivity contribution in [3.63, 3.8) is 0 Å². The summed E-state index contributed by atoms with van der Waals surface area (Å²) < 4.78 is 5.02. The first-order valence-electron chi connectivity index (χ1n) is 2.58. The van der Waals surface area contributed by atoms with Crippen molar-refractivity contribution in [2.24, 2.45) is 5.73 Å². The molecule has 0 aromatic rings. The van der Waals surface area contributed by atoms with Gasteiger partial charge < -0.3 is 9.92 Å². The molecule has 4 heteroatoms. The number of nitrogens with two attached hydrogens (primary N) is 1. The van der Waals surface area contributed by atoms with Gasteiger partial charge in [-0.25, -0.2) is 0 Å². The molecule has 0 aliphatic carbocycles. The van der Waals surface area contributed by atoms with Gasteiger partial charge in [0.1, 0.15) is 0 Å². The summed E-state index contributed by atoms with van der Waals surface area (Å²) in [7, 11) is 0. The van der Waals surface area contributed by atoms with Crippen LogP contribution in [0.3, 0.4) is 0 Å². The van der Waals surface area contributed by atoms with Gasteiger partial charge in [0.15, 0.2) is 0 Å². The fraction of sp³-hybridized carbons (Fsp3) is 0.600. The summed E-state index contributed by atoms with van der Waals surface area (Å²) in [6.07, 6.45) is 4.07. The molecule has 1 unspecified atom stereocenters. The highest BCUT2D eigenvalue weighted by atomic mass is 35.5. The zero-order valence-corrected chi connectivity index (χ0v) is 6.58. The summed E-state index contributed by atoms with van der Waals surface area (Å²) in [4.78, 5) is 0. The first kappa shape index (κ1) is 9.30. The minimum Gasteiger partial charge on any atom is -0.329 e. The molecule has 1 aliphatic heterocycles. The van der Waals surface area contributed by atoms with E-state index in [-0.39, 0.29) is 12.4 Å². The van der Waals surface area contributed by atoms with Crippen molar-refractivity contribution in [1.82, 2.24) is 0 Å². The quantitative estimate of drug-likeness (QED) is 0.467. The molecule has 2 N–H and O–H groups in total. The van der Waals surface area contributed by atoms with E-state index in [9.17, 15) is 0 Å². The maximum absolute atomic E-state index is 5.35. The monoisotopic (exact) mass is 167 g/mol. The lowest BCUT2D eigenvalue weighted by Crippen LogP contribution is -2.16. The van der Waals surface area contributed by atoms with E-state index in [0.29, 0.717) is 11.8 Å². The molecule has 54 valence electrons. The third-order valence-electron chi connectivity index (χ3n) is 0.939. The van der Waals surface area contributed by atoms with Gasteiger partial charge in [0.05, 0.1) is 11.9 Å². The molecular weight excluding hydrogens is 158 g/mol. The number of hydrogen-bond acceptors (Lipinski definition) is 3. The van der Waals surface area contributed by atoms with E-state index >= 15 is 0 Å². The summed E-state index contributed by atoms with van der Waals surface area (Å²) >= 11 is 1.45. The fourth-order valence-electron chi connectivity index (χ4n) is 0.523. The number of halogens is 1. The van der Waals surface area contributed by atoms with Crippen molar-refractivity contribution < 1.29 is 4.18 Å². The predicted molar refractivity (Wildman–Crippen MR) is 42.8 cm³/mol. The lowest BCUT2D eigenvalue weighted by molar-refractivity contribution is 0.419. The second-order valence-electron chi connectivity index (χ2n) is 1.58. The molecule has 0 saturated heterocycles. The summed E-state index contributed by atoms with van der Waals surface area (Å²) in [5.41, 5.74) is 5.35. The molecule has 2 nitrogen and oxygen atoms in total. The Morgan fingerprint density at radius 3 is 2.89 bits per heavy atom. The zero-order valence-electron chi connectivity index (χ0n) is 4.95. The van der Waals surface area contributed by atoms with Crippen molar-refractivity contribution >= 4 is 24.4 Å². The molecule has 1 heterocycles. The normalized spacial score (nSPS) is 25.2. The third kappa shape index (κ3) is 3.11. The SMILES string of the molecule is Cl.NCC1C=CCOS1. The fourth-order valence-corrected chi connectivity index (χ4v) is 1.11. The van der Waals surface area contributed by atoms with Crippen LogP contribution in [0.1, 0.15) is 0 Å². The van der Waals surface area contributed by atoms with Crippen LogP contribution in [0.5, 0.6) is 0 Å². The van der Waals surface area contributed by atoms with E-state index in [1.807, 2.05) is 6.08 Å². The molecule has 0 aromatic carbocycles. The summed E-state index contributed by atoms with van der Waals surface area (Å²) in [6, 6.07) is 0. The highest BCUT2D eigenvalue weighted by molar-refractivity contribution is 7.95. The van der Waals surface area contributed by atoms with Gasteiger partial charge in [-0.15, -0.1) is 12.4 Å². The van der Waals surface area contributed by atoms with E-state index in [1.54, 1.807) is 0 Å². The Morgan fingerprint density at radius 1 is 1.78 bits per heavy atom. The molecule has 1 aliphatic rings. The smallest absolute Gasteiger partial charge is 0.0796 e. The van der Waals surface area contributed by atoms with Gasteiger partial charge in [-0.3, -0.25) is 0 Å². The summed E-state index contributed by atoms with van der Waals surface area (Å²) in [5.74, 6) is 0. The molecule has 0 amide bonds. The van der Waals surface area contributed by atoms with Crippen molar-refractivity contribution in [3.05, 3.63) is 12.2 Å². The van der Waals surface area contributed by atoms with Crippen molar-refractivity contribution in [2.45, 2.75) is 5.25 Å². The Kier molecular flexibility index (Phi) is 5.28. The lowest BCUT2D eigenvalue weighted by Gasteiger charge is -2.11. The molecule has 0 aromatic heterocycles. The van der Waals surface area contributed by atoms with Crippen LogP contribution >= 0.6 is 24.4 Å². The average Bonchev–Trinajstić information content (AvgIpc) is 1.90. The maximum Gasteiger partial charge on any atom is 0.0796 e. The maximum atomic E-state index is 5.35. The highest BCUT2D eigenvalue weighted by Gasteiger charge is 2.05. The largest absolute Gasteiger partial charge is 0.329 e. The van der Waals surface area contributed by atoms with E-state index < -0.39 is 0 Å². The minimum absolute atomic E-state index is 0. The summed E-state index contributed by atoms with van der Waals surface area (Å²) in [5, 5.41) is 0.378. The lowest BCUT2D eigenvalue weighted by atomic mass is 10.4. The summed E-state index contributed by atoms with van der Waals surface area (Å²) in [6.45, 7) is 1.39. The molecule has 0 bridgehead atoms. The molecule has 0 saturated carbocycles. The molecule has 1 rings (SSSR count). The Bertz CT molecular complexity index is 99.0. The highest BCUT2D eigenvalue weighted by Crippen LogP contribution is 2.16.